The van der Waals surface area contributed by atoms with Crippen LogP contribution < -0.4 is 0 Å². The number of carbonyl (C=O) groups excluding carboxylic acids is 2. The Morgan fingerprint density at radius 2 is 0.745 bits per heavy atom. The summed E-state index contributed by atoms with van der Waals surface area (Å²) >= 11 is 0. The van der Waals surface area contributed by atoms with Gasteiger partial charge in [-0.25, -0.2) is 8.42 Å². The van der Waals surface area contributed by atoms with Crippen molar-refractivity contribution in [1.29, 1.82) is 0 Å². The zero-order valence-corrected chi connectivity index (χ0v) is 37.1. The number of aliphatic hydroxyl groups excluding tert-OH is 3. The minimum atomic E-state index is -4.41. The Bertz CT molecular complexity index is 909. The van der Waals surface area contributed by atoms with E-state index in [1.165, 1.54) is 154 Å². The van der Waals surface area contributed by atoms with E-state index in [-0.39, 0.29) is 42.3 Å². The molecule has 0 amide bonds. The van der Waals surface area contributed by atoms with E-state index in [9.17, 15) is 37.9 Å². The molecule has 0 rings (SSSR count). The summed E-state index contributed by atoms with van der Waals surface area (Å²) in [5, 5.41) is 31.0. The van der Waals surface area contributed by atoms with Crippen LogP contribution in [0.25, 0.3) is 0 Å². The number of hydrogen-bond acceptors (Lipinski definition) is 9. The molecule has 0 aromatic heterocycles. The van der Waals surface area contributed by atoms with Crippen LogP contribution in [0.3, 0.4) is 0 Å². The molecule has 10 nitrogen and oxygen atoms in total. The number of unbranched alkanes of at least 4 members (excludes halogenated alkanes) is 28. The highest BCUT2D eigenvalue weighted by Crippen LogP contribution is 2.17. The second-order valence-electron chi connectivity index (χ2n) is 16.4. The zero-order chi connectivity index (χ0) is 41.5. The molecule has 3 N–H and O–H groups in total. The quantitative estimate of drug-likeness (QED) is 0.0236. The molecule has 2 unspecified atom stereocenters. The van der Waals surface area contributed by atoms with Gasteiger partial charge in [-0.1, -0.05) is 194 Å². The van der Waals surface area contributed by atoms with Crippen molar-refractivity contribution in [1.82, 2.24) is 0 Å². The molecule has 330 valence electrons. The van der Waals surface area contributed by atoms with Gasteiger partial charge in [0.1, 0.15) is 19.6 Å². The van der Waals surface area contributed by atoms with Crippen molar-refractivity contribution in [2.45, 2.75) is 232 Å². The van der Waals surface area contributed by atoms with E-state index in [1.807, 2.05) is 7.05 Å². The molecule has 0 fully saturated rings. The predicted octanol–water partition coefficient (Wildman–Crippen LogP) is 9.90. The number of likely N-dealkylation sites (N-methyl/N-ethyl adjacent to an activating group) is 1. The van der Waals surface area contributed by atoms with Crippen molar-refractivity contribution < 1.29 is 46.5 Å². The van der Waals surface area contributed by atoms with Gasteiger partial charge in [-0.3, -0.25) is 13.8 Å². The normalized spacial score (nSPS) is 13.9. The molecule has 0 heterocycles. The fourth-order valence-electron chi connectivity index (χ4n) is 7.21. The first-order valence-corrected chi connectivity index (χ1v) is 24.1. The minimum absolute atomic E-state index is 0.105. The van der Waals surface area contributed by atoms with Crippen LogP contribution in [0.4, 0.5) is 0 Å². The third-order valence-corrected chi connectivity index (χ3v) is 11.3. The van der Waals surface area contributed by atoms with Crippen LogP contribution in [0.5, 0.6) is 0 Å². The Kier molecular flexibility index (Phi) is 40.7. The highest BCUT2D eigenvalue weighted by Gasteiger charge is 2.33. The average Bonchev–Trinajstić information content (AvgIpc) is 3.14. The molecule has 0 aliphatic carbocycles. The van der Waals surface area contributed by atoms with E-state index in [0.29, 0.717) is 12.8 Å². The number of rotatable bonds is 41. The third kappa shape index (κ3) is 41.0. The summed E-state index contributed by atoms with van der Waals surface area (Å²) in [5.74, 6) is -0.341. The van der Waals surface area contributed by atoms with Crippen molar-refractivity contribution in [2.75, 3.05) is 40.4 Å². The van der Waals surface area contributed by atoms with Crippen molar-refractivity contribution in [3.63, 3.8) is 0 Å². The fraction of sp³-hybridized carbons (Fsp3) is 0.955. The molecule has 0 aromatic carbocycles. The van der Waals surface area contributed by atoms with Crippen LogP contribution in [0, 0.1) is 0 Å². The lowest BCUT2D eigenvalue weighted by Gasteiger charge is -2.36. The number of quaternary nitrogens is 1. The van der Waals surface area contributed by atoms with Crippen molar-refractivity contribution in [2.24, 2.45) is 0 Å². The van der Waals surface area contributed by atoms with Gasteiger partial charge in [0, 0.05) is 12.8 Å². The van der Waals surface area contributed by atoms with E-state index >= 15 is 0 Å². The lowest BCUT2D eigenvalue weighted by molar-refractivity contribution is -0.913. The first kappa shape index (κ1) is 56.1. The van der Waals surface area contributed by atoms with Gasteiger partial charge in [0.05, 0.1) is 20.8 Å². The van der Waals surface area contributed by atoms with Gasteiger partial charge in [0.15, 0.2) is 23.8 Å². The molecular formula is C44H89NO9S. The van der Waals surface area contributed by atoms with Crippen LogP contribution in [0.15, 0.2) is 0 Å². The first-order chi connectivity index (χ1) is 26.4. The fourth-order valence-corrected chi connectivity index (χ4v) is 7.21. The summed E-state index contributed by atoms with van der Waals surface area (Å²) < 4.78 is 31.1. The van der Waals surface area contributed by atoms with E-state index in [2.05, 4.69) is 18.0 Å². The maximum Gasteiger partial charge on any atom is 0.217 e. The van der Waals surface area contributed by atoms with Gasteiger partial charge in [-0.05, 0) is 12.8 Å². The molecule has 0 saturated heterocycles. The molecule has 55 heavy (non-hydrogen) atoms. The summed E-state index contributed by atoms with van der Waals surface area (Å²) in [6.07, 6.45) is 36.6. The van der Waals surface area contributed by atoms with Crippen LogP contribution >= 0.6 is 0 Å². The molecule has 0 saturated carbocycles. The van der Waals surface area contributed by atoms with E-state index in [0.717, 1.165) is 45.6 Å². The number of aliphatic hydroxyl groups is 3. The SMILES string of the molecule is CCCCCCCCCCCCCCCCCC(=O)C(O)C[N+](C)(CCO)CC(O)C(=O)CCCCCCCCCCCCCCCCC.COS(=O)(=O)[O-]. The Balaban J connectivity index is 0. The largest absolute Gasteiger partial charge is 0.726 e. The van der Waals surface area contributed by atoms with Gasteiger partial charge in [0.2, 0.25) is 10.4 Å². The van der Waals surface area contributed by atoms with E-state index in [1.54, 1.807) is 0 Å². The van der Waals surface area contributed by atoms with Gasteiger partial charge in [-0.15, -0.1) is 0 Å². The summed E-state index contributed by atoms with van der Waals surface area (Å²) in [4.78, 5) is 25.4. The smallest absolute Gasteiger partial charge is 0.217 e. The molecule has 0 spiro atoms. The maximum atomic E-state index is 12.7. The highest BCUT2D eigenvalue weighted by atomic mass is 32.3. The van der Waals surface area contributed by atoms with Gasteiger partial charge in [0.25, 0.3) is 0 Å². The molecule has 0 radical (unpaired) electrons. The van der Waals surface area contributed by atoms with Crippen LogP contribution in [-0.2, 0) is 24.2 Å². The van der Waals surface area contributed by atoms with Crippen molar-refractivity contribution >= 4 is 22.0 Å². The zero-order valence-electron chi connectivity index (χ0n) is 36.3. The Morgan fingerprint density at radius 3 is 0.945 bits per heavy atom. The summed E-state index contributed by atoms with van der Waals surface area (Å²) in [5.41, 5.74) is 0. The number of ketones is 2. The molecule has 0 aliphatic rings. The molecular weight excluding hydrogens is 719 g/mol. The van der Waals surface area contributed by atoms with E-state index in [4.69, 9.17) is 0 Å². The van der Waals surface area contributed by atoms with Gasteiger partial charge >= 0.3 is 0 Å². The Labute approximate surface area is 339 Å². The van der Waals surface area contributed by atoms with Crippen LogP contribution in [0.2, 0.25) is 0 Å². The number of carbonyl (C=O) groups is 2. The molecule has 0 bridgehead atoms. The van der Waals surface area contributed by atoms with Crippen LogP contribution in [0.1, 0.15) is 219 Å². The maximum absolute atomic E-state index is 12.7. The number of Topliss-reactive ketones (excluding diaryl/α,β-unsaturated/α-hetero) is 2. The molecule has 0 aliphatic heterocycles. The average molecular weight is 808 g/mol. The first-order valence-electron chi connectivity index (χ1n) is 22.7. The summed E-state index contributed by atoms with van der Waals surface area (Å²) in [7, 11) is -1.79. The van der Waals surface area contributed by atoms with E-state index < -0.39 is 22.6 Å². The second kappa shape index (κ2) is 39.9. The second-order valence-corrected chi connectivity index (χ2v) is 17.5. The highest BCUT2D eigenvalue weighted by molar-refractivity contribution is 7.80. The topological polar surface area (TPSA) is 161 Å². The molecule has 2 atom stereocenters. The Morgan fingerprint density at radius 1 is 0.527 bits per heavy atom. The lowest BCUT2D eigenvalue weighted by atomic mass is 10.0. The van der Waals surface area contributed by atoms with Gasteiger partial charge < -0.3 is 24.4 Å². The lowest BCUT2D eigenvalue weighted by Crippen LogP contribution is -2.56. The number of nitrogens with zero attached hydrogens (tertiary/aromatic N) is 1. The summed E-state index contributed by atoms with van der Waals surface area (Å²) in [6, 6.07) is 0. The van der Waals surface area contributed by atoms with Crippen molar-refractivity contribution in [3.8, 4) is 0 Å². The molecule has 0 aromatic rings. The van der Waals surface area contributed by atoms with Crippen molar-refractivity contribution in [3.05, 3.63) is 0 Å². The van der Waals surface area contributed by atoms with Gasteiger partial charge in [-0.2, -0.15) is 0 Å². The Hall–Kier alpha value is -0.950. The standard InChI is InChI=1S/C43H86NO5.CH4O4S/c1-4-6-8-10-12-14-16-18-20-22-24-26-28-30-32-34-40(46)42(48)38-44(3,36-37-45)39-43(49)41(47)35-33-31-29-27-25-23-21-19-17-15-13-11-9-7-5-2;1-5-6(2,3)4/h42-43,45,48-49H,4-39H2,1-3H3;1H3,(H,2,3,4)/q+1;/p-1. The number of hydrogen-bond donors (Lipinski definition) is 3. The van der Waals surface area contributed by atoms with Crippen LogP contribution in [-0.4, -0.2) is 96.9 Å². The predicted molar refractivity (Wildman–Crippen MR) is 226 cm³/mol. The monoisotopic (exact) mass is 808 g/mol. The third-order valence-electron chi connectivity index (χ3n) is 10.9. The molecule has 11 heteroatoms. The summed E-state index contributed by atoms with van der Waals surface area (Å²) in [6.45, 7) is 4.91. The minimum Gasteiger partial charge on any atom is -0.726 e.